The van der Waals surface area contributed by atoms with Crippen molar-refractivity contribution in [1.29, 1.82) is 0 Å². The van der Waals surface area contributed by atoms with Crippen LogP contribution >= 0.6 is 0 Å². The van der Waals surface area contributed by atoms with Crippen LogP contribution in [-0.2, 0) is 19.9 Å². The first-order chi connectivity index (χ1) is 15.5. The molecule has 2 aromatic rings. The number of hydrogen-bond acceptors (Lipinski definition) is 9. The van der Waals surface area contributed by atoms with E-state index in [2.05, 4.69) is 10.3 Å². The maximum Gasteiger partial charge on any atom is 0.394 e. The highest BCUT2D eigenvalue weighted by atomic mass is 32.3. The fourth-order valence-corrected chi connectivity index (χ4v) is 3.33. The third kappa shape index (κ3) is 8.20. The number of rotatable bonds is 8. The Kier molecular flexibility index (Phi) is 9.46. The normalized spacial score (nSPS) is 15.5. The molecule has 0 bridgehead atoms. The maximum absolute atomic E-state index is 12.0. The molecule has 33 heavy (non-hydrogen) atoms. The minimum absolute atomic E-state index is 0.0192. The number of aromatic nitrogens is 1. The molecule has 1 fully saturated rings. The van der Waals surface area contributed by atoms with Crippen molar-refractivity contribution in [1.82, 2.24) is 10.3 Å². The molecule has 1 aliphatic rings. The molecule has 3 rings (SSSR count). The van der Waals surface area contributed by atoms with Gasteiger partial charge in [-0.25, -0.2) is 4.98 Å². The number of carbonyl (C=O) groups is 1. The summed E-state index contributed by atoms with van der Waals surface area (Å²) in [4.78, 5) is 18.5. The first kappa shape index (κ1) is 26.4. The van der Waals surface area contributed by atoms with Gasteiger partial charge >= 0.3 is 10.4 Å². The van der Waals surface area contributed by atoms with Crippen molar-refractivity contribution in [3.8, 4) is 11.5 Å². The Balaban J connectivity index is 0.000000696. The van der Waals surface area contributed by atoms with Crippen molar-refractivity contribution in [2.24, 2.45) is 0 Å². The van der Waals surface area contributed by atoms with E-state index in [1.807, 2.05) is 30.1 Å². The molecular weight excluding hydrogens is 456 g/mol. The van der Waals surface area contributed by atoms with Gasteiger partial charge < -0.3 is 30.2 Å². The summed E-state index contributed by atoms with van der Waals surface area (Å²) in [6, 6.07) is 5.70. The van der Waals surface area contributed by atoms with Gasteiger partial charge in [0.05, 0.1) is 14.2 Å². The largest absolute Gasteiger partial charge is 0.493 e. The summed E-state index contributed by atoms with van der Waals surface area (Å²) < 4.78 is 47.7. The van der Waals surface area contributed by atoms with E-state index in [0.29, 0.717) is 30.5 Å². The van der Waals surface area contributed by atoms with Crippen LogP contribution in [0.25, 0.3) is 10.8 Å². The number of hydrogen-bond donors (Lipinski definition) is 4. The fraction of sp³-hybridized carbons (Fsp3) is 0.500. The molecule has 2 heterocycles. The summed E-state index contributed by atoms with van der Waals surface area (Å²) in [7, 11) is 0.482. The quantitative estimate of drug-likeness (QED) is 0.313. The monoisotopic (exact) mass is 486 g/mol. The van der Waals surface area contributed by atoms with Crippen molar-refractivity contribution in [2.45, 2.75) is 25.4 Å². The van der Waals surface area contributed by atoms with Gasteiger partial charge in [-0.05, 0) is 42.8 Å². The van der Waals surface area contributed by atoms with Crippen LogP contribution in [0.4, 0.5) is 11.6 Å². The Hall–Kier alpha value is -2.87. The Morgan fingerprint density at radius 2 is 1.91 bits per heavy atom. The Morgan fingerprint density at radius 1 is 1.27 bits per heavy atom. The third-order valence-corrected chi connectivity index (χ3v) is 4.93. The Morgan fingerprint density at radius 3 is 2.48 bits per heavy atom. The van der Waals surface area contributed by atoms with Gasteiger partial charge in [-0.1, -0.05) is 0 Å². The van der Waals surface area contributed by atoms with E-state index in [9.17, 15) is 4.79 Å². The second-order valence-electron chi connectivity index (χ2n) is 7.31. The molecule has 0 aliphatic carbocycles. The zero-order chi connectivity index (χ0) is 24.6. The van der Waals surface area contributed by atoms with Crippen LogP contribution < -0.4 is 25.4 Å². The fourth-order valence-electron chi connectivity index (χ4n) is 3.33. The highest BCUT2D eigenvalue weighted by molar-refractivity contribution is 7.79. The van der Waals surface area contributed by atoms with Crippen molar-refractivity contribution in [2.75, 3.05) is 51.6 Å². The van der Waals surface area contributed by atoms with Gasteiger partial charge in [0.1, 0.15) is 17.7 Å². The predicted octanol–water partition coefficient (Wildman–Crippen LogP) is 1.30. The minimum atomic E-state index is -4.67. The third-order valence-electron chi connectivity index (χ3n) is 4.93. The molecule has 13 heteroatoms. The summed E-state index contributed by atoms with van der Waals surface area (Å²) in [5.74, 6) is 2.45. The summed E-state index contributed by atoms with van der Waals surface area (Å²) in [5.41, 5.74) is 6.17. The topological polar surface area (TPSA) is 174 Å². The van der Waals surface area contributed by atoms with Crippen LogP contribution in [-0.4, -0.2) is 75.5 Å². The van der Waals surface area contributed by atoms with Crippen molar-refractivity contribution in [3.05, 3.63) is 18.2 Å². The molecule has 1 aromatic carbocycles. The summed E-state index contributed by atoms with van der Waals surface area (Å²) >= 11 is 0. The number of amides is 1. The number of anilines is 2. The molecule has 1 atom stereocenters. The SMILES string of the molecule is COc1cc2cc(N(C)CCCNC(=O)C3CCCO3)nc(N)c2cc1OC.O=S(=O)(O)O. The number of ether oxygens (including phenoxy) is 3. The summed E-state index contributed by atoms with van der Waals surface area (Å²) in [6.07, 6.45) is 2.26. The molecular formula is C20H30N4O8S. The molecule has 12 nitrogen and oxygen atoms in total. The van der Waals surface area contributed by atoms with Gasteiger partial charge in [-0.15, -0.1) is 0 Å². The zero-order valence-electron chi connectivity index (χ0n) is 18.8. The van der Waals surface area contributed by atoms with E-state index in [1.165, 1.54) is 0 Å². The number of nitrogens with zero attached hydrogens (tertiary/aromatic N) is 2. The Labute approximate surface area is 192 Å². The standard InChI is InChI=1S/C20H28N4O4.H2O4S/c1-24(8-5-7-22-20(25)15-6-4-9-28-15)18-11-13-10-16(26-2)17(27-3)12-14(13)19(21)23-18;1-5(2,3)4/h10-12,15H,4-9H2,1-3H3,(H2,21,23)(H,22,25);(H2,1,2,3,4). The van der Waals surface area contributed by atoms with Gasteiger partial charge in [0, 0.05) is 32.1 Å². The predicted molar refractivity (Wildman–Crippen MR) is 123 cm³/mol. The number of benzene rings is 1. The lowest BCUT2D eigenvalue weighted by molar-refractivity contribution is -0.130. The van der Waals surface area contributed by atoms with Crippen molar-refractivity contribution >= 4 is 38.7 Å². The molecule has 5 N–H and O–H groups in total. The van der Waals surface area contributed by atoms with E-state index in [0.717, 1.165) is 42.4 Å². The average Bonchev–Trinajstić information content (AvgIpc) is 3.29. The number of nitrogen functional groups attached to an aromatic ring is 1. The first-order valence-electron chi connectivity index (χ1n) is 10.2. The molecule has 1 aliphatic heterocycles. The van der Waals surface area contributed by atoms with E-state index in [1.54, 1.807) is 14.2 Å². The van der Waals surface area contributed by atoms with E-state index in [4.69, 9.17) is 37.5 Å². The zero-order valence-corrected chi connectivity index (χ0v) is 19.6. The summed E-state index contributed by atoms with van der Waals surface area (Å²) in [5, 5.41) is 4.68. The lowest BCUT2D eigenvalue weighted by Gasteiger charge is -2.20. The van der Waals surface area contributed by atoms with Crippen molar-refractivity contribution in [3.63, 3.8) is 0 Å². The van der Waals surface area contributed by atoms with E-state index >= 15 is 0 Å². The van der Waals surface area contributed by atoms with Gasteiger partial charge in [0.2, 0.25) is 5.91 Å². The lowest BCUT2D eigenvalue weighted by Crippen LogP contribution is -2.35. The second-order valence-corrected chi connectivity index (χ2v) is 8.21. The van der Waals surface area contributed by atoms with Crippen LogP contribution in [0.15, 0.2) is 18.2 Å². The smallest absolute Gasteiger partial charge is 0.394 e. The number of fused-ring (bicyclic) bond motifs is 1. The lowest BCUT2D eigenvalue weighted by atomic mass is 10.1. The van der Waals surface area contributed by atoms with Crippen LogP contribution in [0, 0.1) is 0 Å². The molecule has 1 saturated heterocycles. The highest BCUT2D eigenvalue weighted by Crippen LogP contribution is 2.35. The average molecular weight is 487 g/mol. The number of carbonyl (C=O) groups excluding carboxylic acids is 1. The molecule has 0 spiro atoms. The highest BCUT2D eigenvalue weighted by Gasteiger charge is 2.22. The van der Waals surface area contributed by atoms with Crippen LogP contribution in [0.1, 0.15) is 19.3 Å². The molecule has 0 radical (unpaired) electrons. The van der Waals surface area contributed by atoms with Gasteiger partial charge in [0.15, 0.2) is 11.5 Å². The van der Waals surface area contributed by atoms with Gasteiger partial charge in [-0.2, -0.15) is 8.42 Å². The van der Waals surface area contributed by atoms with Gasteiger partial charge in [-0.3, -0.25) is 13.9 Å². The maximum atomic E-state index is 12.0. The van der Waals surface area contributed by atoms with Crippen LogP contribution in [0.5, 0.6) is 11.5 Å². The number of methoxy groups -OCH3 is 2. The minimum Gasteiger partial charge on any atom is -0.493 e. The molecule has 1 aromatic heterocycles. The van der Waals surface area contributed by atoms with Crippen molar-refractivity contribution < 1.29 is 36.5 Å². The molecule has 1 unspecified atom stereocenters. The summed E-state index contributed by atoms with van der Waals surface area (Å²) in [6.45, 7) is 2.00. The van der Waals surface area contributed by atoms with E-state index < -0.39 is 10.4 Å². The molecule has 1 amide bonds. The van der Waals surface area contributed by atoms with Gasteiger partial charge in [0.25, 0.3) is 0 Å². The molecule has 0 saturated carbocycles. The first-order valence-corrected chi connectivity index (χ1v) is 11.6. The second kappa shape index (κ2) is 11.8. The number of nitrogens with one attached hydrogen (secondary N) is 1. The Bertz CT molecular complexity index is 1050. The number of nitrogens with two attached hydrogens (primary N) is 1. The number of pyridine rings is 1. The van der Waals surface area contributed by atoms with E-state index in [-0.39, 0.29) is 12.0 Å². The van der Waals surface area contributed by atoms with Crippen LogP contribution in [0.3, 0.4) is 0 Å². The van der Waals surface area contributed by atoms with Crippen LogP contribution in [0.2, 0.25) is 0 Å². The molecule has 184 valence electrons.